The van der Waals surface area contributed by atoms with Gasteiger partial charge in [0.2, 0.25) is 0 Å². The molecule has 1 heteroatoms. The second-order valence-corrected chi connectivity index (χ2v) is 4.79. The topological polar surface area (TPSA) is 12.4 Å². The van der Waals surface area contributed by atoms with Crippen molar-refractivity contribution < 1.29 is 0 Å². The van der Waals surface area contributed by atoms with Crippen LogP contribution in [0.2, 0.25) is 0 Å². The van der Waals surface area contributed by atoms with Gasteiger partial charge in [-0.1, -0.05) is 67.9 Å². The molecule has 0 aliphatic carbocycles. The first-order valence-corrected chi connectivity index (χ1v) is 6.95. The van der Waals surface area contributed by atoms with Crippen molar-refractivity contribution in [1.82, 2.24) is 0 Å². The molecule has 0 heterocycles. The van der Waals surface area contributed by atoms with Gasteiger partial charge in [0.25, 0.3) is 0 Å². The lowest BCUT2D eigenvalue weighted by atomic mass is 9.95. The smallest absolute Gasteiger partial charge is 0.0998 e. The minimum Gasteiger partial charge on any atom is -0.285 e. The molecular weight excluding hydrogens is 230 g/mol. The molecule has 0 amide bonds. The van der Waals surface area contributed by atoms with Crippen LogP contribution in [0.1, 0.15) is 42.5 Å². The highest BCUT2D eigenvalue weighted by molar-refractivity contribution is 5.58. The quantitative estimate of drug-likeness (QED) is 0.666. The van der Waals surface area contributed by atoms with Crippen molar-refractivity contribution in [2.45, 2.75) is 32.7 Å². The van der Waals surface area contributed by atoms with E-state index in [1.165, 1.54) is 16.7 Å². The van der Waals surface area contributed by atoms with Gasteiger partial charge in [-0.05, 0) is 36.2 Å². The number of aryl methyl sites for hydroxylation is 1. The van der Waals surface area contributed by atoms with Crippen molar-refractivity contribution in [2.24, 2.45) is 4.99 Å². The van der Waals surface area contributed by atoms with E-state index in [1.54, 1.807) is 0 Å². The molecule has 2 aromatic carbocycles. The fourth-order valence-corrected chi connectivity index (χ4v) is 2.18. The van der Waals surface area contributed by atoms with Crippen LogP contribution in [0.25, 0.3) is 0 Å². The third kappa shape index (κ3) is 3.54. The highest BCUT2D eigenvalue weighted by Gasteiger charge is 2.13. The maximum atomic E-state index is 4.79. The lowest BCUT2D eigenvalue weighted by Gasteiger charge is -2.16. The van der Waals surface area contributed by atoms with Crippen molar-refractivity contribution in [3.63, 3.8) is 0 Å². The first-order valence-electron chi connectivity index (χ1n) is 6.95. The lowest BCUT2D eigenvalue weighted by Crippen LogP contribution is -2.01. The Bertz CT molecular complexity index is 528. The normalized spacial score (nSPS) is 12.7. The summed E-state index contributed by atoms with van der Waals surface area (Å²) in [4.78, 5) is 4.79. The predicted molar refractivity (Wildman–Crippen MR) is 82.9 cm³/mol. The number of hydrogen-bond donors (Lipinski definition) is 0. The van der Waals surface area contributed by atoms with Crippen LogP contribution >= 0.6 is 0 Å². The van der Waals surface area contributed by atoms with Crippen LogP contribution in [0.15, 0.2) is 59.6 Å². The summed E-state index contributed by atoms with van der Waals surface area (Å²) >= 11 is 0. The maximum Gasteiger partial charge on any atom is 0.0998 e. The zero-order chi connectivity index (χ0) is 13.5. The van der Waals surface area contributed by atoms with E-state index >= 15 is 0 Å². The number of benzene rings is 2. The van der Waals surface area contributed by atoms with Gasteiger partial charge < -0.3 is 0 Å². The minimum absolute atomic E-state index is 0.119. The van der Waals surface area contributed by atoms with Crippen LogP contribution in [0, 0.1) is 6.92 Å². The molecule has 2 rings (SSSR count). The zero-order valence-corrected chi connectivity index (χ0v) is 11.7. The number of unbranched alkanes of at least 4 members (excludes halogenated alkanes) is 1. The van der Waals surface area contributed by atoms with Gasteiger partial charge in [0, 0.05) is 0 Å². The number of rotatable bonds is 5. The summed E-state index contributed by atoms with van der Waals surface area (Å²) in [5, 5.41) is 0. The van der Waals surface area contributed by atoms with E-state index in [2.05, 4.69) is 68.6 Å². The maximum absolute atomic E-state index is 4.79. The SMILES string of the molecule is CCC/C=N\C(c1ccccc1)c1ccccc1C. The van der Waals surface area contributed by atoms with E-state index in [4.69, 9.17) is 4.99 Å². The minimum atomic E-state index is 0.119. The molecule has 0 radical (unpaired) electrons. The summed E-state index contributed by atoms with van der Waals surface area (Å²) in [6.45, 7) is 4.33. The molecule has 0 saturated carbocycles. The average molecular weight is 251 g/mol. The molecule has 1 unspecified atom stereocenters. The molecule has 2 aromatic rings. The fraction of sp³-hybridized carbons (Fsp3) is 0.278. The molecule has 0 aliphatic rings. The Morgan fingerprint density at radius 2 is 1.68 bits per heavy atom. The fourth-order valence-electron chi connectivity index (χ4n) is 2.18. The van der Waals surface area contributed by atoms with Crippen molar-refractivity contribution >= 4 is 6.21 Å². The number of hydrogen-bond acceptors (Lipinski definition) is 1. The first kappa shape index (κ1) is 13.5. The van der Waals surface area contributed by atoms with Gasteiger partial charge in [-0.15, -0.1) is 0 Å². The molecule has 0 aliphatic heterocycles. The molecule has 0 aromatic heterocycles. The van der Waals surface area contributed by atoms with E-state index in [1.807, 2.05) is 6.07 Å². The molecule has 1 nitrogen and oxygen atoms in total. The van der Waals surface area contributed by atoms with Gasteiger partial charge in [-0.25, -0.2) is 0 Å². The molecule has 1 atom stereocenters. The van der Waals surface area contributed by atoms with Gasteiger partial charge >= 0.3 is 0 Å². The summed E-state index contributed by atoms with van der Waals surface area (Å²) in [6.07, 6.45) is 4.23. The standard InChI is InChI=1S/C18H21N/c1-3-4-14-19-18(16-11-6-5-7-12-16)17-13-9-8-10-15(17)2/h5-14,18H,3-4H2,1-2H3/b19-14-. The molecule has 19 heavy (non-hydrogen) atoms. The summed E-state index contributed by atoms with van der Waals surface area (Å²) in [6, 6.07) is 19.1. The van der Waals surface area contributed by atoms with E-state index in [9.17, 15) is 0 Å². The summed E-state index contributed by atoms with van der Waals surface area (Å²) < 4.78 is 0. The van der Waals surface area contributed by atoms with Crippen LogP contribution in [0.3, 0.4) is 0 Å². The summed E-state index contributed by atoms with van der Waals surface area (Å²) in [7, 11) is 0. The number of aliphatic imine (C=N–C) groups is 1. The highest BCUT2D eigenvalue weighted by atomic mass is 14.8. The Morgan fingerprint density at radius 3 is 2.37 bits per heavy atom. The molecule has 98 valence electrons. The second-order valence-electron chi connectivity index (χ2n) is 4.79. The summed E-state index contributed by atoms with van der Waals surface area (Å²) in [5.41, 5.74) is 3.84. The van der Waals surface area contributed by atoms with E-state index in [-0.39, 0.29) is 6.04 Å². The third-order valence-corrected chi connectivity index (χ3v) is 3.27. The Balaban J connectivity index is 2.38. The largest absolute Gasteiger partial charge is 0.285 e. The monoisotopic (exact) mass is 251 g/mol. The molecule has 0 bridgehead atoms. The van der Waals surface area contributed by atoms with Gasteiger partial charge in [0.1, 0.15) is 0 Å². The second kappa shape index (κ2) is 6.89. The van der Waals surface area contributed by atoms with Crippen LogP contribution < -0.4 is 0 Å². The Kier molecular flexibility index (Phi) is 4.91. The number of nitrogens with zero attached hydrogens (tertiary/aromatic N) is 1. The highest BCUT2D eigenvalue weighted by Crippen LogP contribution is 2.28. The molecule has 0 spiro atoms. The Morgan fingerprint density at radius 1 is 1.00 bits per heavy atom. The van der Waals surface area contributed by atoms with Crippen LogP contribution in [-0.4, -0.2) is 6.21 Å². The van der Waals surface area contributed by atoms with Crippen LogP contribution in [0.5, 0.6) is 0 Å². The lowest BCUT2D eigenvalue weighted by molar-refractivity contribution is 0.857. The predicted octanol–water partition coefficient (Wildman–Crippen LogP) is 4.96. The molecule has 0 fully saturated rings. The van der Waals surface area contributed by atoms with Gasteiger partial charge in [0.15, 0.2) is 0 Å². The molecular formula is C18H21N. The molecule has 0 N–H and O–H groups in total. The van der Waals surface area contributed by atoms with Crippen molar-refractivity contribution in [2.75, 3.05) is 0 Å². The Labute approximate surface area is 116 Å². The first-order chi connectivity index (χ1) is 9.33. The van der Waals surface area contributed by atoms with Crippen molar-refractivity contribution in [1.29, 1.82) is 0 Å². The van der Waals surface area contributed by atoms with Gasteiger partial charge in [0.05, 0.1) is 6.04 Å². The van der Waals surface area contributed by atoms with Gasteiger partial charge in [-0.3, -0.25) is 4.99 Å². The van der Waals surface area contributed by atoms with E-state index in [0.29, 0.717) is 0 Å². The average Bonchev–Trinajstić information content (AvgIpc) is 2.46. The van der Waals surface area contributed by atoms with Crippen molar-refractivity contribution in [3.8, 4) is 0 Å². The van der Waals surface area contributed by atoms with Gasteiger partial charge in [-0.2, -0.15) is 0 Å². The van der Waals surface area contributed by atoms with E-state index < -0.39 is 0 Å². The summed E-state index contributed by atoms with van der Waals surface area (Å²) in [5.74, 6) is 0. The third-order valence-electron chi connectivity index (χ3n) is 3.27. The van der Waals surface area contributed by atoms with E-state index in [0.717, 1.165) is 12.8 Å². The zero-order valence-electron chi connectivity index (χ0n) is 11.7. The Hall–Kier alpha value is -1.89. The van der Waals surface area contributed by atoms with Crippen molar-refractivity contribution in [3.05, 3.63) is 71.3 Å². The molecule has 0 saturated heterocycles. The van der Waals surface area contributed by atoms with Crippen LogP contribution in [0.4, 0.5) is 0 Å². The van der Waals surface area contributed by atoms with Crippen LogP contribution in [-0.2, 0) is 0 Å².